The number of carbonyl (C=O) groups is 1. The number of carbonyl (C=O) groups excluding carboxylic acids is 1. The van der Waals surface area contributed by atoms with Crippen molar-refractivity contribution >= 4 is 29.2 Å². The Hall–Kier alpha value is -2.57. The fraction of sp³-hybridized carbons (Fsp3) is 0.300. The standard InChI is InChI=1S/C20H22ClN3O3/c1-26-17-5-2-4-16(12-17)23-20(22-13-18-6-3-11-27-18)24-19(25)14-7-9-15(21)10-8-14/h2,4-5,7-10,12,18H,3,6,11,13H2,1H3,(H2,22,23,24,25)/t18-/m1/s1. The second kappa shape index (κ2) is 9.39. The number of amides is 1. The van der Waals surface area contributed by atoms with Crippen LogP contribution >= 0.6 is 11.6 Å². The third kappa shape index (κ3) is 5.70. The van der Waals surface area contributed by atoms with Crippen LogP contribution < -0.4 is 15.4 Å². The average molecular weight is 388 g/mol. The summed E-state index contributed by atoms with van der Waals surface area (Å²) < 4.78 is 10.9. The predicted molar refractivity (Wildman–Crippen MR) is 107 cm³/mol. The molecule has 0 bridgehead atoms. The molecule has 2 N–H and O–H groups in total. The van der Waals surface area contributed by atoms with E-state index in [0.717, 1.165) is 25.1 Å². The van der Waals surface area contributed by atoms with Crippen LogP contribution in [0.25, 0.3) is 0 Å². The van der Waals surface area contributed by atoms with Crippen LogP contribution in [0, 0.1) is 0 Å². The molecular formula is C20H22ClN3O3. The molecule has 0 aliphatic carbocycles. The zero-order chi connectivity index (χ0) is 19.1. The van der Waals surface area contributed by atoms with Crippen LogP contribution in [0.15, 0.2) is 53.5 Å². The van der Waals surface area contributed by atoms with Gasteiger partial charge in [0.25, 0.3) is 5.91 Å². The number of guanidine groups is 1. The highest BCUT2D eigenvalue weighted by atomic mass is 35.5. The van der Waals surface area contributed by atoms with E-state index in [1.54, 1.807) is 31.4 Å². The van der Waals surface area contributed by atoms with Gasteiger partial charge in [-0.05, 0) is 49.2 Å². The fourth-order valence-corrected chi connectivity index (χ4v) is 2.84. The van der Waals surface area contributed by atoms with Crippen molar-refractivity contribution in [1.29, 1.82) is 0 Å². The van der Waals surface area contributed by atoms with Gasteiger partial charge < -0.3 is 14.8 Å². The number of nitrogens with zero attached hydrogens (tertiary/aromatic N) is 1. The van der Waals surface area contributed by atoms with Crippen molar-refractivity contribution in [1.82, 2.24) is 5.32 Å². The summed E-state index contributed by atoms with van der Waals surface area (Å²) in [4.78, 5) is 17.1. The van der Waals surface area contributed by atoms with Gasteiger partial charge in [0.05, 0.1) is 19.8 Å². The van der Waals surface area contributed by atoms with E-state index >= 15 is 0 Å². The Balaban J connectivity index is 1.74. The first kappa shape index (κ1) is 19.2. The molecule has 2 aromatic carbocycles. The average Bonchev–Trinajstić information content (AvgIpc) is 3.20. The number of nitrogens with one attached hydrogen (secondary N) is 2. The van der Waals surface area contributed by atoms with Gasteiger partial charge in [0.15, 0.2) is 0 Å². The molecule has 6 nitrogen and oxygen atoms in total. The van der Waals surface area contributed by atoms with Gasteiger partial charge >= 0.3 is 0 Å². The quantitative estimate of drug-likeness (QED) is 0.605. The smallest absolute Gasteiger partial charge is 0.257 e. The first-order valence-corrected chi connectivity index (χ1v) is 9.16. The third-order valence-electron chi connectivity index (χ3n) is 4.15. The highest BCUT2D eigenvalue weighted by molar-refractivity contribution is 6.30. The molecule has 3 rings (SSSR count). The van der Waals surface area contributed by atoms with E-state index in [2.05, 4.69) is 15.6 Å². The van der Waals surface area contributed by atoms with E-state index in [-0.39, 0.29) is 12.0 Å². The van der Waals surface area contributed by atoms with Crippen LogP contribution in [0.2, 0.25) is 5.02 Å². The summed E-state index contributed by atoms with van der Waals surface area (Å²) in [6.45, 7) is 1.24. The predicted octanol–water partition coefficient (Wildman–Crippen LogP) is 3.73. The minimum atomic E-state index is -0.270. The van der Waals surface area contributed by atoms with Gasteiger partial charge in [0.1, 0.15) is 5.75 Å². The number of benzene rings is 2. The molecule has 0 aromatic heterocycles. The van der Waals surface area contributed by atoms with Gasteiger partial charge in [-0.1, -0.05) is 17.7 Å². The molecule has 0 spiro atoms. The van der Waals surface area contributed by atoms with Gasteiger partial charge in [0, 0.05) is 28.9 Å². The molecule has 1 aliphatic heterocycles. The topological polar surface area (TPSA) is 71.9 Å². The molecule has 1 amide bonds. The molecule has 27 heavy (non-hydrogen) atoms. The second-order valence-electron chi connectivity index (χ2n) is 6.14. The van der Waals surface area contributed by atoms with Crippen LogP contribution in [-0.4, -0.2) is 38.2 Å². The Kier molecular flexibility index (Phi) is 6.68. The summed E-state index contributed by atoms with van der Waals surface area (Å²) in [6, 6.07) is 14.1. The Morgan fingerprint density at radius 2 is 2.11 bits per heavy atom. The summed E-state index contributed by atoms with van der Waals surface area (Å²) in [6.07, 6.45) is 2.09. The molecule has 2 aromatic rings. The third-order valence-corrected chi connectivity index (χ3v) is 4.40. The van der Waals surface area contributed by atoms with Crippen molar-refractivity contribution < 1.29 is 14.3 Å². The molecule has 1 saturated heterocycles. The number of anilines is 1. The molecule has 1 heterocycles. The lowest BCUT2D eigenvalue weighted by atomic mass is 10.2. The van der Waals surface area contributed by atoms with E-state index in [4.69, 9.17) is 21.1 Å². The van der Waals surface area contributed by atoms with Gasteiger partial charge in [-0.15, -0.1) is 0 Å². The van der Waals surface area contributed by atoms with Gasteiger partial charge in [-0.25, -0.2) is 4.99 Å². The van der Waals surface area contributed by atoms with E-state index in [1.165, 1.54) is 0 Å². The van der Waals surface area contributed by atoms with E-state index in [0.29, 0.717) is 28.8 Å². The Morgan fingerprint density at radius 1 is 1.30 bits per heavy atom. The normalized spacial score (nSPS) is 16.8. The van der Waals surface area contributed by atoms with E-state index in [1.807, 2.05) is 24.3 Å². The monoisotopic (exact) mass is 387 g/mol. The maximum atomic E-state index is 12.5. The van der Waals surface area contributed by atoms with Crippen molar-refractivity contribution in [3.63, 3.8) is 0 Å². The summed E-state index contributed by atoms with van der Waals surface area (Å²) in [5.41, 5.74) is 1.26. The van der Waals surface area contributed by atoms with Gasteiger partial charge in [-0.2, -0.15) is 0 Å². The number of ether oxygens (including phenoxy) is 2. The first-order valence-electron chi connectivity index (χ1n) is 8.78. The Morgan fingerprint density at radius 3 is 2.81 bits per heavy atom. The largest absolute Gasteiger partial charge is 0.497 e. The molecular weight excluding hydrogens is 366 g/mol. The maximum absolute atomic E-state index is 12.5. The van der Waals surface area contributed by atoms with Crippen molar-refractivity contribution in [2.24, 2.45) is 4.99 Å². The van der Waals surface area contributed by atoms with Crippen molar-refractivity contribution in [3.8, 4) is 5.75 Å². The summed E-state index contributed by atoms with van der Waals surface area (Å²) in [5.74, 6) is 0.800. The number of rotatable bonds is 5. The van der Waals surface area contributed by atoms with Crippen LogP contribution in [0.1, 0.15) is 23.2 Å². The summed E-state index contributed by atoms with van der Waals surface area (Å²) in [5, 5.41) is 6.55. The Labute approximate surface area is 163 Å². The zero-order valence-corrected chi connectivity index (χ0v) is 15.8. The SMILES string of the molecule is COc1cccc(NC(=NC[C@H]2CCCO2)NC(=O)c2ccc(Cl)cc2)c1. The highest BCUT2D eigenvalue weighted by Gasteiger charge is 2.16. The van der Waals surface area contributed by atoms with Crippen molar-refractivity contribution in [2.45, 2.75) is 18.9 Å². The van der Waals surface area contributed by atoms with Gasteiger partial charge in [0.2, 0.25) is 5.96 Å². The summed E-state index contributed by atoms with van der Waals surface area (Å²) in [7, 11) is 1.61. The molecule has 0 unspecified atom stereocenters. The maximum Gasteiger partial charge on any atom is 0.257 e. The first-order chi connectivity index (χ1) is 13.1. The lowest BCUT2D eigenvalue weighted by Crippen LogP contribution is -2.36. The van der Waals surface area contributed by atoms with Gasteiger partial charge in [-0.3, -0.25) is 10.1 Å². The highest BCUT2D eigenvalue weighted by Crippen LogP contribution is 2.17. The van der Waals surface area contributed by atoms with E-state index < -0.39 is 0 Å². The molecule has 1 atom stereocenters. The molecule has 0 saturated carbocycles. The molecule has 1 fully saturated rings. The van der Waals surface area contributed by atoms with E-state index in [9.17, 15) is 4.79 Å². The molecule has 7 heteroatoms. The van der Waals surface area contributed by atoms with Crippen LogP contribution in [0.4, 0.5) is 5.69 Å². The Bertz CT molecular complexity index is 802. The summed E-state index contributed by atoms with van der Waals surface area (Å²) >= 11 is 5.89. The van der Waals surface area contributed by atoms with Crippen molar-refractivity contribution in [2.75, 3.05) is 25.6 Å². The number of hydrogen-bond acceptors (Lipinski definition) is 4. The van der Waals surface area contributed by atoms with Crippen LogP contribution in [0.5, 0.6) is 5.75 Å². The lowest BCUT2D eigenvalue weighted by molar-refractivity contribution is 0.0975. The molecule has 1 aliphatic rings. The number of methoxy groups -OCH3 is 1. The fourth-order valence-electron chi connectivity index (χ4n) is 2.71. The van der Waals surface area contributed by atoms with Crippen molar-refractivity contribution in [3.05, 3.63) is 59.1 Å². The zero-order valence-electron chi connectivity index (χ0n) is 15.1. The second-order valence-corrected chi connectivity index (χ2v) is 6.58. The molecule has 142 valence electrons. The lowest BCUT2D eigenvalue weighted by Gasteiger charge is -2.14. The minimum Gasteiger partial charge on any atom is -0.497 e. The molecule has 0 radical (unpaired) electrons. The number of hydrogen-bond donors (Lipinski definition) is 2. The van der Waals surface area contributed by atoms with Crippen LogP contribution in [0.3, 0.4) is 0 Å². The number of aliphatic imine (C=N–C) groups is 1. The number of halogens is 1. The minimum absolute atomic E-state index is 0.0829. The van der Waals surface area contributed by atoms with Crippen LogP contribution in [-0.2, 0) is 4.74 Å².